The molecular formula is C12H16O. The Labute approximate surface area is 78.8 Å². The van der Waals surface area contributed by atoms with Gasteiger partial charge in [0.05, 0.1) is 6.10 Å². The third kappa shape index (κ3) is 0.527. The molecule has 0 radical (unpaired) electrons. The number of rotatable bonds is 0. The van der Waals surface area contributed by atoms with Gasteiger partial charge in [0, 0.05) is 11.3 Å². The molecule has 13 heavy (non-hydrogen) atoms. The summed E-state index contributed by atoms with van der Waals surface area (Å²) in [5, 5.41) is 10.2. The minimum Gasteiger partial charge on any atom is -0.392 e. The Morgan fingerprint density at radius 2 is 2.23 bits per heavy atom. The summed E-state index contributed by atoms with van der Waals surface area (Å²) >= 11 is 0. The van der Waals surface area contributed by atoms with Crippen LogP contribution in [0.15, 0.2) is 12.2 Å². The summed E-state index contributed by atoms with van der Waals surface area (Å²) in [4.78, 5) is 0. The van der Waals surface area contributed by atoms with E-state index in [9.17, 15) is 5.11 Å². The molecule has 5 atom stereocenters. The van der Waals surface area contributed by atoms with Crippen LogP contribution in [0.3, 0.4) is 0 Å². The molecule has 3 fully saturated rings. The molecule has 1 nitrogen and oxygen atoms in total. The van der Waals surface area contributed by atoms with E-state index in [2.05, 4.69) is 12.2 Å². The maximum atomic E-state index is 10.2. The summed E-state index contributed by atoms with van der Waals surface area (Å²) in [6.45, 7) is 0. The summed E-state index contributed by atoms with van der Waals surface area (Å²) < 4.78 is 0. The van der Waals surface area contributed by atoms with Gasteiger partial charge in [-0.05, 0) is 37.0 Å². The Morgan fingerprint density at radius 3 is 3.00 bits per heavy atom. The highest BCUT2D eigenvalue weighted by atomic mass is 16.3. The highest BCUT2D eigenvalue weighted by Gasteiger charge is 2.75. The molecule has 0 heterocycles. The first kappa shape index (κ1) is 7.05. The fourth-order valence-corrected chi connectivity index (χ4v) is 4.83. The molecule has 1 N–H and O–H groups in total. The first-order chi connectivity index (χ1) is 6.29. The lowest BCUT2D eigenvalue weighted by molar-refractivity contribution is 0.0282. The molecule has 4 rings (SSSR count). The maximum absolute atomic E-state index is 10.2. The van der Waals surface area contributed by atoms with Gasteiger partial charge >= 0.3 is 0 Å². The van der Waals surface area contributed by atoms with Crippen LogP contribution in [0.1, 0.15) is 32.1 Å². The van der Waals surface area contributed by atoms with Gasteiger partial charge in [-0.1, -0.05) is 18.6 Å². The van der Waals surface area contributed by atoms with Crippen molar-refractivity contribution in [2.45, 2.75) is 38.2 Å². The SMILES string of the molecule is O[C@H]1[C@@H]2C=C[C@]13CCC[C@H]1C[C@]13C2. The van der Waals surface area contributed by atoms with E-state index < -0.39 is 0 Å². The molecule has 0 unspecified atom stereocenters. The number of aliphatic hydroxyl groups excluding tert-OH is 1. The van der Waals surface area contributed by atoms with Crippen molar-refractivity contribution in [1.82, 2.24) is 0 Å². The lowest BCUT2D eigenvalue weighted by Crippen LogP contribution is -2.37. The fourth-order valence-electron chi connectivity index (χ4n) is 4.83. The highest BCUT2D eigenvalue weighted by Crippen LogP contribution is 2.79. The normalized spacial score (nSPS) is 66.4. The quantitative estimate of drug-likeness (QED) is 0.560. The van der Waals surface area contributed by atoms with Gasteiger partial charge in [0.15, 0.2) is 0 Å². The average molecular weight is 176 g/mol. The van der Waals surface area contributed by atoms with Crippen LogP contribution in [0.2, 0.25) is 0 Å². The van der Waals surface area contributed by atoms with Crippen molar-refractivity contribution in [1.29, 1.82) is 0 Å². The van der Waals surface area contributed by atoms with Gasteiger partial charge < -0.3 is 5.11 Å². The van der Waals surface area contributed by atoms with E-state index in [0.29, 0.717) is 11.3 Å². The molecule has 0 aromatic rings. The molecule has 2 spiro atoms. The van der Waals surface area contributed by atoms with Crippen molar-refractivity contribution in [3.63, 3.8) is 0 Å². The summed E-state index contributed by atoms with van der Waals surface area (Å²) in [7, 11) is 0. The molecule has 70 valence electrons. The molecule has 0 saturated heterocycles. The van der Waals surface area contributed by atoms with Crippen LogP contribution < -0.4 is 0 Å². The van der Waals surface area contributed by atoms with Crippen LogP contribution in [0, 0.1) is 22.7 Å². The molecule has 2 bridgehead atoms. The molecule has 0 aromatic heterocycles. The highest BCUT2D eigenvalue weighted by molar-refractivity contribution is 5.35. The van der Waals surface area contributed by atoms with E-state index in [1.54, 1.807) is 0 Å². The Kier molecular flexibility index (Phi) is 0.947. The standard InChI is InChI=1S/C12H16O/c13-10-8-3-5-11(10)4-1-2-9-7-12(9,11)6-8/h3,5,8-10,13H,1-2,4,6-7H2/t8-,9+,10+,11-,12-/m1/s1. The van der Waals surface area contributed by atoms with E-state index in [1.807, 2.05) is 0 Å². The van der Waals surface area contributed by atoms with Crippen molar-refractivity contribution in [2.24, 2.45) is 22.7 Å². The predicted octanol–water partition coefficient (Wildman–Crippen LogP) is 2.11. The minimum atomic E-state index is -0.0159. The van der Waals surface area contributed by atoms with Gasteiger partial charge in [0.1, 0.15) is 0 Å². The van der Waals surface area contributed by atoms with Gasteiger partial charge in [-0.2, -0.15) is 0 Å². The topological polar surface area (TPSA) is 20.2 Å². The van der Waals surface area contributed by atoms with Crippen LogP contribution in [-0.2, 0) is 0 Å². The molecule has 1 heteroatoms. The van der Waals surface area contributed by atoms with Crippen LogP contribution in [0.4, 0.5) is 0 Å². The van der Waals surface area contributed by atoms with Crippen molar-refractivity contribution in [2.75, 3.05) is 0 Å². The maximum Gasteiger partial charge on any atom is 0.0698 e. The van der Waals surface area contributed by atoms with E-state index in [1.165, 1.54) is 32.1 Å². The molecule has 3 saturated carbocycles. The lowest BCUT2D eigenvalue weighted by atomic mass is 9.66. The first-order valence-corrected chi connectivity index (χ1v) is 5.66. The third-order valence-electron chi connectivity index (χ3n) is 5.48. The van der Waals surface area contributed by atoms with Crippen molar-refractivity contribution < 1.29 is 5.11 Å². The lowest BCUT2D eigenvalue weighted by Gasteiger charge is -2.39. The average Bonchev–Trinajstić information content (AvgIpc) is 2.72. The summed E-state index contributed by atoms with van der Waals surface area (Å²) in [6.07, 6.45) is 11.4. The van der Waals surface area contributed by atoms with Gasteiger partial charge in [-0.3, -0.25) is 0 Å². The smallest absolute Gasteiger partial charge is 0.0698 e. The summed E-state index contributed by atoms with van der Waals surface area (Å²) in [5.41, 5.74) is 0.838. The van der Waals surface area contributed by atoms with Crippen LogP contribution in [-0.4, -0.2) is 11.2 Å². The second-order valence-electron chi connectivity index (χ2n) is 5.66. The second kappa shape index (κ2) is 1.75. The summed E-state index contributed by atoms with van der Waals surface area (Å²) in [6, 6.07) is 0. The van der Waals surface area contributed by atoms with Gasteiger partial charge in [0.25, 0.3) is 0 Å². The van der Waals surface area contributed by atoms with Crippen LogP contribution in [0.5, 0.6) is 0 Å². The Hall–Kier alpha value is -0.300. The van der Waals surface area contributed by atoms with Crippen LogP contribution in [0.25, 0.3) is 0 Å². The van der Waals surface area contributed by atoms with Crippen LogP contribution >= 0.6 is 0 Å². The molecule has 4 aliphatic carbocycles. The fraction of sp³-hybridized carbons (Fsp3) is 0.833. The van der Waals surface area contributed by atoms with E-state index in [0.717, 1.165) is 5.92 Å². The zero-order chi connectivity index (χ0) is 8.68. The number of aliphatic hydroxyl groups is 1. The molecule has 0 aromatic carbocycles. The van der Waals surface area contributed by atoms with Gasteiger partial charge in [0.2, 0.25) is 0 Å². The Bertz CT molecular complexity index is 308. The monoisotopic (exact) mass is 176 g/mol. The Morgan fingerprint density at radius 1 is 1.31 bits per heavy atom. The molecule has 0 aliphatic heterocycles. The largest absolute Gasteiger partial charge is 0.392 e. The van der Waals surface area contributed by atoms with E-state index >= 15 is 0 Å². The molecular weight excluding hydrogens is 160 g/mol. The van der Waals surface area contributed by atoms with Crippen molar-refractivity contribution in [3.05, 3.63) is 12.2 Å². The molecule has 4 aliphatic rings. The predicted molar refractivity (Wildman–Crippen MR) is 50.1 cm³/mol. The van der Waals surface area contributed by atoms with Gasteiger partial charge in [-0.25, -0.2) is 0 Å². The third-order valence-corrected chi connectivity index (χ3v) is 5.48. The van der Waals surface area contributed by atoms with Crippen molar-refractivity contribution in [3.8, 4) is 0 Å². The molecule has 0 amide bonds. The van der Waals surface area contributed by atoms with Gasteiger partial charge in [-0.15, -0.1) is 0 Å². The van der Waals surface area contributed by atoms with E-state index in [4.69, 9.17) is 0 Å². The van der Waals surface area contributed by atoms with Crippen molar-refractivity contribution >= 4 is 0 Å². The zero-order valence-electron chi connectivity index (χ0n) is 7.87. The number of hydrogen-bond acceptors (Lipinski definition) is 1. The summed E-state index contributed by atoms with van der Waals surface area (Å²) in [5.74, 6) is 1.49. The number of hydrogen-bond donors (Lipinski definition) is 1. The van der Waals surface area contributed by atoms with E-state index in [-0.39, 0.29) is 11.5 Å². The zero-order valence-corrected chi connectivity index (χ0v) is 7.87. The number of fused-ring (bicyclic) bond motifs is 1. The second-order valence-corrected chi connectivity index (χ2v) is 5.66. The Balaban J connectivity index is 1.90. The first-order valence-electron chi connectivity index (χ1n) is 5.66. The minimum absolute atomic E-state index is 0.0159.